The molecule has 3 N–H and O–H groups in total. The van der Waals surface area contributed by atoms with E-state index < -0.39 is 11.8 Å². The van der Waals surface area contributed by atoms with Crippen LogP contribution in [0.2, 0.25) is 5.02 Å². The zero-order valence-corrected chi connectivity index (χ0v) is 18.4. The number of ether oxygens (including phenoxy) is 1. The number of carbonyl (C=O) groups is 3. The molecule has 3 aromatic carbocycles. The van der Waals surface area contributed by atoms with Gasteiger partial charge in [0.1, 0.15) is 5.75 Å². The van der Waals surface area contributed by atoms with Crippen molar-refractivity contribution in [2.75, 3.05) is 11.9 Å². The van der Waals surface area contributed by atoms with Crippen LogP contribution in [0.25, 0.3) is 0 Å². The Kier molecular flexibility index (Phi) is 7.64. The summed E-state index contributed by atoms with van der Waals surface area (Å²) in [4.78, 5) is 36.2. The maximum atomic E-state index is 12.2. The lowest BCUT2D eigenvalue weighted by molar-refractivity contribution is -0.123. The number of rotatable bonds is 6. The van der Waals surface area contributed by atoms with Crippen LogP contribution in [0.1, 0.15) is 20.7 Å². The van der Waals surface area contributed by atoms with Crippen molar-refractivity contribution in [3.8, 4) is 5.75 Å². The fourth-order valence-electron chi connectivity index (χ4n) is 2.47. The number of benzene rings is 3. The largest absolute Gasteiger partial charge is 0.483 e. The molecule has 0 heterocycles. The quantitative estimate of drug-likeness (QED) is 0.440. The van der Waals surface area contributed by atoms with Crippen LogP contribution in [0, 0.1) is 0 Å². The molecule has 3 aromatic rings. The molecule has 3 amide bonds. The molecule has 3 rings (SSSR count). The van der Waals surface area contributed by atoms with Crippen molar-refractivity contribution in [1.29, 1.82) is 0 Å². The van der Waals surface area contributed by atoms with Gasteiger partial charge in [-0.1, -0.05) is 29.8 Å². The van der Waals surface area contributed by atoms with E-state index in [4.69, 9.17) is 16.3 Å². The van der Waals surface area contributed by atoms with Crippen molar-refractivity contribution in [1.82, 2.24) is 10.9 Å². The molecule has 0 fully saturated rings. The minimum absolute atomic E-state index is 0.252. The molecular formula is C22H17BrClN3O4. The van der Waals surface area contributed by atoms with E-state index in [1.807, 2.05) is 6.07 Å². The van der Waals surface area contributed by atoms with Gasteiger partial charge in [0.15, 0.2) is 6.61 Å². The van der Waals surface area contributed by atoms with E-state index in [9.17, 15) is 14.4 Å². The molecule has 0 aliphatic heterocycles. The maximum Gasteiger partial charge on any atom is 0.276 e. The molecule has 0 atom stereocenters. The summed E-state index contributed by atoms with van der Waals surface area (Å²) in [6.07, 6.45) is 0. The van der Waals surface area contributed by atoms with Crippen molar-refractivity contribution in [2.24, 2.45) is 0 Å². The Balaban J connectivity index is 1.46. The molecular weight excluding hydrogens is 486 g/mol. The fourth-order valence-corrected chi connectivity index (χ4v) is 3.27. The third-order valence-corrected chi connectivity index (χ3v) is 4.86. The first-order valence-corrected chi connectivity index (χ1v) is 10.2. The lowest BCUT2D eigenvalue weighted by Gasteiger charge is -2.10. The van der Waals surface area contributed by atoms with Crippen molar-refractivity contribution in [3.63, 3.8) is 0 Å². The van der Waals surface area contributed by atoms with Gasteiger partial charge in [0.2, 0.25) is 0 Å². The first-order valence-electron chi connectivity index (χ1n) is 9.06. The summed E-state index contributed by atoms with van der Waals surface area (Å²) in [5.41, 5.74) is 5.95. The molecule has 0 aliphatic carbocycles. The molecule has 158 valence electrons. The minimum Gasteiger partial charge on any atom is -0.483 e. The molecule has 0 aromatic heterocycles. The Bertz CT molecular complexity index is 1090. The monoisotopic (exact) mass is 501 g/mol. The highest BCUT2D eigenvalue weighted by molar-refractivity contribution is 9.10. The zero-order valence-electron chi connectivity index (χ0n) is 16.0. The maximum absolute atomic E-state index is 12.2. The highest BCUT2D eigenvalue weighted by atomic mass is 79.9. The van der Waals surface area contributed by atoms with Gasteiger partial charge in [-0.25, -0.2) is 0 Å². The summed E-state index contributed by atoms with van der Waals surface area (Å²) in [5.74, 6) is -0.861. The average Bonchev–Trinajstić information content (AvgIpc) is 2.78. The Labute approximate surface area is 191 Å². The van der Waals surface area contributed by atoms with Gasteiger partial charge in [-0.05, 0) is 70.5 Å². The third-order valence-electron chi connectivity index (χ3n) is 4.01. The van der Waals surface area contributed by atoms with Gasteiger partial charge in [0.05, 0.1) is 4.47 Å². The van der Waals surface area contributed by atoms with Crippen molar-refractivity contribution in [2.45, 2.75) is 0 Å². The molecule has 31 heavy (non-hydrogen) atoms. The van der Waals surface area contributed by atoms with E-state index in [2.05, 4.69) is 32.1 Å². The van der Waals surface area contributed by atoms with E-state index >= 15 is 0 Å². The first-order chi connectivity index (χ1) is 14.9. The van der Waals surface area contributed by atoms with Gasteiger partial charge in [0, 0.05) is 21.8 Å². The van der Waals surface area contributed by atoms with Gasteiger partial charge in [-0.2, -0.15) is 0 Å². The van der Waals surface area contributed by atoms with Crippen molar-refractivity contribution >= 4 is 50.9 Å². The SMILES string of the molecule is O=C(COc1ccc(Cl)cc1Br)NNC(=O)c1ccc(NC(=O)c2ccccc2)cc1. The van der Waals surface area contributed by atoms with Crippen LogP contribution in [0.15, 0.2) is 77.3 Å². The van der Waals surface area contributed by atoms with Gasteiger partial charge >= 0.3 is 0 Å². The second-order valence-corrected chi connectivity index (χ2v) is 7.55. The van der Waals surface area contributed by atoms with Crippen LogP contribution < -0.4 is 20.9 Å². The van der Waals surface area contributed by atoms with E-state index in [1.54, 1.807) is 54.6 Å². The first kappa shape index (κ1) is 22.3. The summed E-state index contributed by atoms with van der Waals surface area (Å²) >= 11 is 9.14. The predicted octanol–water partition coefficient (Wildman–Crippen LogP) is 4.19. The fraction of sp³-hybridized carbons (Fsp3) is 0.0455. The van der Waals surface area contributed by atoms with E-state index in [0.717, 1.165) is 0 Å². The minimum atomic E-state index is -0.540. The van der Waals surface area contributed by atoms with Gasteiger partial charge < -0.3 is 10.1 Å². The number of hydrogen-bond donors (Lipinski definition) is 3. The van der Waals surface area contributed by atoms with Gasteiger partial charge in [-0.3, -0.25) is 25.2 Å². The van der Waals surface area contributed by atoms with Crippen LogP contribution in [-0.4, -0.2) is 24.3 Å². The Hall–Kier alpha value is -3.36. The average molecular weight is 503 g/mol. The number of hydrogen-bond acceptors (Lipinski definition) is 4. The summed E-state index contributed by atoms with van der Waals surface area (Å²) in [7, 11) is 0. The summed E-state index contributed by atoms with van der Waals surface area (Å²) in [5, 5.41) is 3.28. The standard InChI is InChI=1S/C22H17BrClN3O4/c23-18-12-16(24)8-11-19(18)31-13-20(28)26-27-22(30)15-6-9-17(10-7-15)25-21(29)14-4-2-1-3-5-14/h1-12H,13H2,(H,25,29)(H,26,28)(H,27,30). The molecule has 0 aliphatic rings. The van der Waals surface area contributed by atoms with E-state index in [1.165, 1.54) is 12.1 Å². The van der Waals surface area contributed by atoms with Crippen molar-refractivity contribution in [3.05, 3.63) is 93.4 Å². The van der Waals surface area contributed by atoms with Crippen LogP contribution in [0.3, 0.4) is 0 Å². The van der Waals surface area contributed by atoms with E-state index in [-0.39, 0.29) is 12.5 Å². The third kappa shape index (κ3) is 6.56. The molecule has 0 bridgehead atoms. The van der Waals surface area contributed by atoms with Crippen molar-refractivity contribution < 1.29 is 19.1 Å². The topological polar surface area (TPSA) is 96.5 Å². The van der Waals surface area contributed by atoms with E-state index in [0.29, 0.717) is 32.1 Å². The highest BCUT2D eigenvalue weighted by Crippen LogP contribution is 2.27. The molecule has 0 radical (unpaired) electrons. The number of anilines is 1. The molecule has 0 saturated carbocycles. The number of hydrazine groups is 1. The smallest absolute Gasteiger partial charge is 0.276 e. The van der Waals surface area contributed by atoms with Crippen LogP contribution in [0.4, 0.5) is 5.69 Å². The molecule has 0 spiro atoms. The normalized spacial score (nSPS) is 10.1. The van der Waals surface area contributed by atoms with Gasteiger partial charge in [0.25, 0.3) is 17.7 Å². The number of amides is 3. The molecule has 0 unspecified atom stereocenters. The van der Waals surface area contributed by atoms with Gasteiger partial charge in [-0.15, -0.1) is 0 Å². The zero-order chi connectivity index (χ0) is 22.2. The van der Waals surface area contributed by atoms with Crippen LogP contribution in [-0.2, 0) is 4.79 Å². The lowest BCUT2D eigenvalue weighted by atomic mass is 10.1. The number of halogens is 2. The Morgan fingerprint density at radius 1 is 0.839 bits per heavy atom. The molecule has 0 saturated heterocycles. The Morgan fingerprint density at radius 2 is 1.52 bits per heavy atom. The summed E-state index contributed by atoms with van der Waals surface area (Å²) in [6, 6.07) is 19.9. The number of carbonyl (C=O) groups excluding carboxylic acids is 3. The second kappa shape index (κ2) is 10.6. The molecule has 7 nitrogen and oxygen atoms in total. The highest BCUT2D eigenvalue weighted by Gasteiger charge is 2.10. The number of nitrogens with one attached hydrogen (secondary N) is 3. The summed E-state index contributed by atoms with van der Waals surface area (Å²) in [6.45, 7) is -0.301. The predicted molar refractivity (Wildman–Crippen MR) is 121 cm³/mol. The van der Waals surface area contributed by atoms with Crippen LogP contribution in [0.5, 0.6) is 5.75 Å². The second-order valence-electron chi connectivity index (χ2n) is 6.26. The molecule has 9 heteroatoms. The van der Waals surface area contributed by atoms with Crippen LogP contribution >= 0.6 is 27.5 Å². The Morgan fingerprint density at radius 3 is 2.19 bits per heavy atom. The summed E-state index contributed by atoms with van der Waals surface area (Å²) < 4.78 is 5.98. The lowest BCUT2D eigenvalue weighted by Crippen LogP contribution is -2.43.